The fraction of sp³-hybridized carbons (Fsp3) is 0.769. The average Bonchev–Trinajstić information content (AvgIpc) is 2.82. The van der Waals surface area contributed by atoms with E-state index in [4.69, 9.17) is 5.73 Å². The summed E-state index contributed by atoms with van der Waals surface area (Å²) >= 11 is 0. The maximum atomic E-state index is 11.9. The quantitative estimate of drug-likeness (QED) is 0.730. The van der Waals surface area contributed by atoms with Crippen LogP contribution in [-0.2, 0) is 10.3 Å². The van der Waals surface area contributed by atoms with Crippen molar-refractivity contribution in [3.05, 3.63) is 11.9 Å². The highest BCUT2D eigenvalue weighted by molar-refractivity contribution is 5.79. The molecule has 1 unspecified atom stereocenters. The first kappa shape index (κ1) is 15.6. The van der Waals surface area contributed by atoms with E-state index in [1.807, 2.05) is 13.8 Å². The van der Waals surface area contributed by atoms with Gasteiger partial charge in [-0.05, 0) is 27.2 Å². The first-order chi connectivity index (χ1) is 8.86. The Morgan fingerprint density at radius 1 is 1.53 bits per heavy atom. The second-order valence-electron chi connectivity index (χ2n) is 5.48. The molecular formula is C13H25N5O. The number of carbonyl (C=O) groups excluding carboxylic acids is 1. The topological polar surface area (TPSA) is 85.8 Å². The largest absolute Gasteiger partial charge is 0.354 e. The van der Waals surface area contributed by atoms with Crippen molar-refractivity contribution in [2.75, 3.05) is 6.54 Å². The summed E-state index contributed by atoms with van der Waals surface area (Å²) in [5.41, 5.74) is 6.08. The van der Waals surface area contributed by atoms with Crippen LogP contribution in [0.4, 0.5) is 0 Å². The Morgan fingerprint density at radius 3 is 2.74 bits per heavy atom. The Bertz CT molecular complexity index is 407. The summed E-state index contributed by atoms with van der Waals surface area (Å²) < 4.78 is 1.55. The second-order valence-corrected chi connectivity index (χ2v) is 5.48. The number of amides is 1. The summed E-state index contributed by atoms with van der Waals surface area (Å²) in [6.45, 7) is 8.36. The van der Waals surface area contributed by atoms with Crippen molar-refractivity contribution in [3.8, 4) is 0 Å². The predicted molar refractivity (Wildman–Crippen MR) is 74.5 cm³/mol. The number of nitrogens with zero attached hydrogens (tertiary/aromatic N) is 3. The second kappa shape index (κ2) is 6.65. The minimum atomic E-state index is -0.546. The van der Waals surface area contributed by atoms with Crippen LogP contribution in [0.15, 0.2) is 6.20 Å². The van der Waals surface area contributed by atoms with Crippen molar-refractivity contribution >= 4 is 5.91 Å². The molecule has 0 fully saturated rings. The molecule has 0 aliphatic heterocycles. The van der Waals surface area contributed by atoms with Gasteiger partial charge in [0.1, 0.15) is 11.7 Å². The van der Waals surface area contributed by atoms with Gasteiger partial charge in [0.25, 0.3) is 0 Å². The molecule has 1 heterocycles. The van der Waals surface area contributed by atoms with Crippen molar-refractivity contribution in [1.82, 2.24) is 20.3 Å². The number of rotatable bonds is 7. The van der Waals surface area contributed by atoms with Gasteiger partial charge in [-0.25, -0.2) is 4.68 Å². The van der Waals surface area contributed by atoms with E-state index in [2.05, 4.69) is 22.6 Å². The van der Waals surface area contributed by atoms with Crippen molar-refractivity contribution in [2.45, 2.75) is 58.5 Å². The van der Waals surface area contributed by atoms with E-state index >= 15 is 0 Å². The summed E-state index contributed by atoms with van der Waals surface area (Å²) in [5, 5.41) is 10.9. The number of hydrogen-bond acceptors (Lipinski definition) is 4. The highest BCUT2D eigenvalue weighted by Crippen LogP contribution is 2.14. The normalized spacial score (nSPS) is 13.3. The lowest BCUT2D eigenvalue weighted by atomic mass is 10.0. The van der Waals surface area contributed by atoms with Crippen molar-refractivity contribution < 1.29 is 4.79 Å². The van der Waals surface area contributed by atoms with E-state index in [0.29, 0.717) is 12.2 Å². The molecule has 0 spiro atoms. The van der Waals surface area contributed by atoms with Gasteiger partial charge in [-0.3, -0.25) is 4.79 Å². The fourth-order valence-electron chi connectivity index (χ4n) is 1.62. The molecule has 0 radical (unpaired) electrons. The number of unbranched alkanes of at least 4 members (excludes halogenated alkanes) is 2. The van der Waals surface area contributed by atoms with Crippen LogP contribution in [0.1, 0.15) is 58.7 Å². The molecule has 0 aliphatic carbocycles. The van der Waals surface area contributed by atoms with Gasteiger partial charge < -0.3 is 11.1 Å². The summed E-state index contributed by atoms with van der Waals surface area (Å²) in [5.74, 6) is -0.0395. The van der Waals surface area contributed by atoms with Crippen LogP contribution < -0.4 is 11.1 Å². The Hall–Kier alpha value is -1.43. The monoisotopic (exact) mass is 267 g/mol. The number of aromatic nitrogens is 3. The molecule has 1 aromatic heterocycles. The van der Waals surface area contributed by atoms with Gasteiger partial charge in [-0.2, -0.15) is 0 Å². The molecule has 0 saturated carbocycles. The molecule has 1 atom stereocenters. The van der Waals surface area contributed by atoms with Gasteiger partial charge in [0.2, 0.25) is 5.91 Å². The van der Waals surface area contributed by atoms with Gasteiger partial charge in [-0.15, -0.1) is 5.10 Å². The Morgan fingerprint density at radius 2 is 2.21 bits per heavy atom. The van der Waals surface area contributed by atoms with Crippen molar-refractivity contribution in [3.63, 3.8) is 0 Å². The number of hydrogen-bond donors (Lipinski definition) is 2. The Labute approximate surface area is 114 Å². The highest BCUT2D eigenvalue weighted by atomic mass is 16.2. The van der Waals surface area contributed by atoms with Gasteiger partial charge in [0.15, 0.2) is 0 Å². The van der Waals surface area contributed by atoms with Crippen LogP contribution >= 0.6 is 0 Å². The fourth-order valence-corrected chi connectivity index (χ4v) is 1.62. The van der Waals surface area contributed by atoms with Gasteiger partial charge >= 0.3 is 0 Å². The molecule has 108 valence electrons. The third kappa shape index (κ3) is 4.63. The van der Waals surface area contributed by atoms with Crippen molar-refractivity contribution in [2.24, 2.45) is 5.73 Å². The van der Waals surface area contributed by atoms with Crippen LogP contribution in [0.2, 0.25) is 0 Å². The van der Waals surface area contributed by atoms with Crippen LogP contribution in [0, 0.1) is 0 Å². The minimum Gasteiger partial charge on any atom is -0.354 e. The van der Waals surface area contributed by atoms with Crippen molar-refractivity contribution in [1.29, 1.82) is 0 Å². The molecule has 6 nitrogen and oxygen atoms in total. The van der Waals surface area contributed by atoms with E-state index in [1.54, 1.807) is 17.8 Å². The molecule has 0 saturated heterocycles. The van der Waals surface area contributed by atoms with Gasteiger partial charge in [-0.1, -0.05) is 25.0 Å². The minimum absolute atomic E-state index is 0.0395. The maximum Gasteiger partial charge on any atom is 0.244 e. The van der Waals surface area contributed by atoms with Gasteiger partial charge in [0.05, 0.1) is 11.7 Å². The van der Waals surface area contributed by atoms with E-state index < -0.39 is 5.54 Å². The first-order valence-electron chi connectivity index (χ1n) is 6.85. The number of nitrogens with one attached hydrogen (secondary N) is 1. The third-order valence-corrected chi connectivity index (χ3v) is 3.03. The summed E-state index contributed by atoms with van der Waals surface area (Å²) in [4.78, 5) is 11.9. The molecule has 19 heavy (non-hydrogen) atoms. The molecule has 0 aromatic carbocycles. The van der Waals surface area contributed by atoms with Gasteiger partial charge in [0, 0.05) is 6.54 Å². The van der Waals surface area contributed by atoms with Crippen LogP contribution in [-0.4, -0.2) is 27.4 Å². The van der Waals surface area contributed by atoms with E-state index in [-0.39, 0.29) is 11.9 Å². The maximum absolute atomic E-state index is 11.9. The predicted octanol–water partition coefficient (Wildman–Crippen LogP) is 1.34. The molecule has 0 bridgehead atoms. The van der Waals surface area contributed by atoms with Crippen LogP contribution in [0.5, 0.6) is 0 Å². The molecule has 1 amide bonds. The zero-order valence-corrected chi connectivity index (χ0v) is 12.3. The summed E-state index contributed by atoms with van der Waals surface area (Å²) in [7, 11) is 0. The molecule has 1 rings (SSSR count). The highest BCUT2D eigenvalue weighted by Gasteiger charge is 2.22. The summed E-state index contributed by atoms with van der Waals surface area (Å²) in [6, 6.07) is -0.370. The molecule has 3 N–H and O–H groups in total. The number of carbonyl (C=O) groups is 1. The number of nitrogens with two attached hydrogens (primary N) is 1. The zero-order valence-electron chi connectivity index (χ0n) is 12.3. The van der Waals surface area contributed by atoms with Crippen LogP contribution in [0.25, 0.3) is 0 Å². The standard InChI is InChI=1S/C13H25N5O/c1-5-6-7-8-15-12(19)10(2)18-9-11(16-17-18)13(3,4)14/h9-10H,5-8,14H2,1-4H3,(H,15,19). The van der Waals surface area contributed by atoms with E-state index in [0.717, 1.165) is 19.3 Å². The first-order valence-corrected chi connectivity index (χ1v) is 6.85. The molecule has 6 heteroatoms. The SMILES string of the molecule is CCCCCNC(=O)C(C)n1cc(C(C)(C)N)nn1. The van der Waals surface area contributed by atoms with Crippen LogP contribution in [0.3, 0.4) is 0 Å². The Kier molecular flexibility index (Phi) is 5.47. The average molecular weight is 267 g/mol. The molecular weight excluding hydrogens is 242 g/mol. The lowest BCUT2D eigenvalue weighted by molar-refractivity contribution is -0.124. The van der Waals surface area contributed by atoms with E-state index in [1.165, 1.54) is 0 Å². The molecule has 1 aromatic rings. The molecule has 0 aliphatic rings. The summed E-state index contributed by atoms with van der Waals surface area (Å²) in [6.07, 6.45) is 5.01. The Balaban J connectivity index is 2.55. The van der Waals surface area contributed by atoms with E-state index in [9.17, 15) is 4.79 Å². The third-order valence-electron chi connectivity index (χ3n) is 3.03. The lowest BCUT2D eigenvalue weighted by Crippen LogP contribution is -2.32. The lowest BCUT2D eigenvalue weighted by Gasteiger charge is -2.14. The zero-order chi connectivity index (χ0) is 14.5. The smallest absolute Gasteiger partial charge is 0.244 e.